The number of nitrogens with two attached hydrogens (primary N) is 1. The fraction of sp³-hybridized carbons (Fsp3) is 0.0667. The number of phenols is 1. The predicted molar refractivity (Wildman–Crippen MR) is 78.0 cm³/mol. The number of nitrogens with one attached hydrogen (secondary N) is 1. The molecular formula is C15H13FN4O. The summed E-state index contributed by atoms with van der Waals surface area (Å²) >= 11 is 0. The molecule has 21 heavy (non-hydrogen) atoms. The molecule has 0 aliphatic carbocycles. The van der Waals surface area contributed by atoms with E-state index in [1.54, 1.807) is 12.3 Å². The van der Waals surface area contributed by atoms with E-state index >= 15 is 0 Å². The molecule has 4 N–H and O–H groups in total. The number of aryl methyl sites for hydroxylation is 1. The van der Waals surface area contributed by atoms with E-state index in [4.69, 9.17) is 5.73 Å². The number of benzene rings is 1. The van der Waals surface area contributed by atoms with Crippen LogP contribution in [0.1, 0.15) is 5.69 Å². The van der Waals surface area contributed by atoms with E-state index in [1.807, 2.05) is 19.1 Å². The van der Waals surface area contributed by atoms with Crippen molar-refractivity contribution in [3.8, 4) is 28.3 Å². The molecule has 3 aromatic rings. The van der Waals surface area contributed by atoms with Gasteiger partial charge < -0.3 is 15.8 Å². The number of halogens is 1. The van der Waals surface area contributed by atoms with Gasteiger partial charge in [-0.1, -0.05) is 0 Å². The van der Waals surface area contributed by atoms with Crippen LogP contribution in [0.4, 0.5) is 10.3 Å². The number of hydrogen-bond acceptors (Lipinski definition) is 4. The highest BCUT2D eigenvalue weighted by atomic mass is 19.1. The van der Waals surface area contributed by atoms with E-state index in [9.17, 15) is 9.50 Å². The van der Waals surface area contributed by atoms with Crippen molar-refractivity contribution in [1.82, 2.24) is 15.0 Å². The summed E-state index contributed by atoms with van der Waals surface area (Å²) < 4.78 is 13.5. The zero-order valence-corrected chi connectivity index (χ0v) is 11.3. The summed E-state index contributed by atoms with van der Waals surface area (Å²) in [6.07, 6.45) is 1.68. The SMILES string of the molecule is Cc1cc(-c2nc(N)[nH]c2-c2ccc(O)c(F)c2)ccn1. The van der Waals surface area contributed by atoms with E-state index in [0.29, 0.717) is 17.0 Å². The molecule has 0 unspecified atom stereocenters. The lowest BCUT2D eigenvalue weighted by Gasteiger charge is -2.05. The third-order valence-electron chi connectivity index (χ3n) is 3.13. The first-order valence-electron chi connectivity index (χ1n) is 6.32. The second-order valence-corrected chi connectivity index (χ2v) is 4.70. The monoisotopic (exact) mass is 284 g/mol. The Morgan fingerprint density at radius 3 is 2.71 bits per heavy atom. The molecule has 0 bridgehead atoms. The Kier molecular flexibility index (Phi) is 3.06. The summed E-state index contributed by atoms with van der Waals surface area (Å²) in [6, 6.07) is 7.81. The second-order valence-electron chi connectivity index (χ2n) is 4.70. The van der Waals surface area contributed by atoms with Gasteiger partial charge in [0, 0.05) is 23.0 Å². The number of aromatic amines is 1. The standard InChI is InChI=1S/C15H13FN4O/c1-8-6-10(4-5-18-8)14-13(19-15(17)20-14)9-2-3-12(21)11(16)7-9/h2-7,21H,1H3,(H3,17,19,20). The van der Waals surface area contributed by atoms with E-state index in [1.165, 1.54) is 12.1 Å². The van der Waals surface area contributed by atoms with Crippen LogP contribution in [0.5, 0.6) is 5.75 Å². The molecule has 0 atom stereocenters. The summed E-state index contributed by atoms with van der Waals surface area (Å²) in [7, 11) is 0. The highest BCUT2D eigenvalue weighted by Crippen LogP contribution is 2.32. The average molecular weight is 284 g/mol. The molecule has 0 saturated carbocycles. The fourth-order valence-corrected chi connectivity index (χ4v) is 2.16. The molecular weight excluding hydrogens is 271 g/mol. The summed E-state index contributed by atoms with van der Waals surface area (Å²) in [5, 5.41) is 9.28. The molecule has 2 heterocycles. The van der Waals surface area contributed by atoms with Gasteiger partial charge in [0.05, 0.1) is 11.4 Å². The lowest BCUT2D eigenvalue weighted by Crippen LogP contribution is -1.87. The summed E-state index contributed by atoms with van der Waals surface area (Å²) in [5.41, 5.74) is 9.17. The van der Waals surface area contributed by atoms with Crippen LogP contribution in [-0.4, -0.2) is 20.1 Å². The predicted octanol–water partition coefficient (Wildman–Crippen LogP) is 2.87. The first-order valence-corrected chi connectivity index (χ1v) is 6.32. The lowest BCUT2D eigenvalue weighted by atomic mass is 10.1. The number of hydrogen-bond donors (Lipinski definition) is 3. The summed E-state index contributed by atoms with van der Waals surface area (Å²) in [5.74, 6) is -0.854. The molecule has 5 nitrogen and oxygen atoms in total. The van der Waals surface area contributed by atoms with Gasteiger partial charge in [-0.25, -0.2) is 9.37 Å². The number of aromatic hydroxyl groups is 1. The Balaban J connectivity index is 2.17. The molecule has 0 radical (unpaired) electrons. The van der Waals surface area contributed by atoms with Gasteiger partial charge in [-0.3, -0.25) is 4.98 Å². The number of aromatic nitrogens is 3. The van der Waals surface area contributed by atoms with Gasteiger partial charge >= 0.3 is 0 Å². The van der Waals surface area contributed by atoms with Crippen molar-refractivity contribution in [2.24, 2.45) is 0 Å². The minimum atomic E-state index is -0.697. The first-order chi connectivity index (χ1) is 10.0. The van der Waals surface area contributed by atoms with Crippen LogP contribution in [0.15, 0.2) is 36.5 Å². The molecule has 0 aliphatic heterocycles. The van der Waals surface area contributed by atoms with Crippen molar-refractivity contribution in [3.63, 3.8) is 0 Å². The molecule has 0 saturated heterocycles. The minimum absolute atomic E-state index is 0.239. The number of rotatable bonds is 2. The highest BCUT2D eigenvalue weighted by molar-refractivity contribution is 5.80. The highest BCUT2D eigenvalue weighted by Gasteiger charge is 2.14. The summed E-state index contributed by atoms with van der Waals surface area (Å²) in [4.78, 5) is 11.3. The van der Waals surface area contributed by atoms with Crippen LogP contribution in [0.25, 0.3) is 22.5 Å². The van der Waals surface area contributed by atoms with E-state index in [2.05, 4.69) is 15.0 Å². The van der Waals surface area contributed by atoms with E-state index in [-0.39, 0.29) is 5.95 Å². The molecule has 3 rings (SSSR count). The molecule has 0 fully saturated rings. The maximum atomic E-state index is 13.5. The maximum absolute atomic E-state index is 13.5. The van der Waals surface area contributed by atoms with Crippen LogP contribution in [0, 0.1) is 12.7 Å². The van der Waals surface area contributed by atoms with Gasteiger partial charge in [0.2, 0.25) is 0 Å². The molecule has 106 valence electrons. The largest absolute Gasteiger partial charge is 0.505 e. The van der Waals surface area contributed by atoms with Crippen molar-refractivity contribution in [2.45, 2.75) is 6.92 Å². The number of pyridine rings is 1. The smallest absolute Gasteiger partial charge is 0.198 e. The molecule has 0 aliphatic rings. The zero-order valence-electron chi connectivity index (χ0n) is 11.3. The number of nitrogen functional groups attached to an aromatic ring is 1. The number of H-pyrrole nitrogens is 1. The number of anilines is 1. The first kappa shape index (κ1) is 13.1. The quantitative estimate of drug-likeness (QED) is 0.675. The Bertz CT molecular complexity index is 813. The minimum Gasteiger partial charge on any atom is -0.505 e. The summed E-state index contributed by atoms with van der Waals surface area (Å²) in [6.45, 7) is 1.87. The van der Waals surface area contributed by atoms with Gasteiger partial charge in [0.15, 0.2) is 17.5 Å². The Hall–Kier alpha value is -2.89. The van der Waals surface area contributed by atoms with Crippen molar-refractivity contribution in [2.75, 3.05) is 5.73 Å². The molecule has 0 spiro atoms. The van der Waals surface area contributed by atoms with Gasteiger partial charge in [-0.15, -0.1) is 0 Å². The molecule has 6 heteroatoms. The third-order valence-corrected chi connectivity index (χ3v) is 3.13. The van der Waals surface area contributed by atoms with Crippen LogP contribution < -0.4 is 5.73 Å². The third kappa shape index (κ3) is 2.43. The molecule has 2 aromatic heterocycles. The Morgan fingerprint density at radius 1 is 1.19 bits per heavy atom. The maximum Gasteiger partial charge on any atom is 0.198 e. The van der Waals surface area contributed by atoms with Gasteiger partial charge in [-0.05, 0) is 37.3 Å². The van der Waals surface area contributed by atoms with E-state index in [0.717, 1.165) is 11.3 Å². The van der Waals surface area contributed by atoms with Crippen molar-refractivity contribution < 1.29 is 9.50 Å². The number of phenolic OH excluding ortho intramolecular Hbond substituents is 1. The van der Waals surface area contributed by atoms with Gasteiger partial charge in [-0.2, -0.15) is 0 Å². The topological polar surface area (TPSA) is 87.8 Å². The molecule has 0 amide bonds. The normalized spacial score (nSPS) is 10.8. The van der Waals surface area contributed by atoms with Gasteiger partial charge in [0.25, 0.3) is 0 Å². The van der Waals surface area contributed by atoms with Crippen LogP contribution >= 0.6 is 0 Å². The van der Waals surface area contributed by atoms with Crippen LogP contribution in [-0.2, 0) is 0 Å². The number of nitrogens with zero attached hydrogens (tertiary/aromatic N) is 2. The number of imidazole rings is 1. The van der Waals surface area contributed by atoms with Gasteiger partial charge in [0.1, 0.15) is 0 Å². The Labute approximate surface area is 120 Å². The van der Waals surface area contributed by atoms with Crippen molar-refractivity contribution in [3.05, 3.63) is 48.0 Å². The van der Waals surface area contributed by atoms with E-state index < -0.39 is 11.6 Å². The van der Waals surface area contributed by atoms with Crippen molar-refractivity contribution >= 4 is 5.95 Å². The van der Waals surface area contributed by atoms with Crippen LogP contribution in [0.3, 0.4) is 0 Å². The lowest BCUT2D eigenvalue weighted by molar-refractivity contribution is 0.432. The second kappa shape index (κ2) is 4.90. The van der Waals surface area contributed by atoms with Crippen molar-refractivity contribution in [1.29, 1.82) is 0 Å². The molecule has 1 aromatic carbocycles. The van der Waals surface area contributed by atoms with Crippen LogP contribution in [0.2, 0.25) is 0 Å². The average Bonchev–Trinajstić information content (AvgIpc) is 2.84. The fourth-order valence-electron chi connectivity index (χ4n) is 2.16. The zero-order chi connectivity index (χ0) is 15.0. The Morgan fingerprint density at radius 2 is 2.00 bits per heavy atom.